The van der Waals surface area contributed by atoms with Crippen LogP contribution in [0.15, 0.2) is 24.3 Å². The topological polar surface area (TPSA) is 42.0 Å². The van der Waals surface area contributed by atoms with Crippen LogP contribution in [0.25, 0.3) is 10.9 Å². The fraction of sp³-hybridized carbons (Fsp3) is 0.444. The molecule has 0 unspecified atom stereocenters. The summed E-state index contributed by atoms with van der Waals surface area (Å²) in [6.45, 7) is 2.11. The molecule has 1 aromatic heterocycles. The molecule has 0 saturated heterocycles. The van der Waals surface area contributed by atoms with Crippen molar-refractivity contribution in [1.82, 2.24) is 4.98 Å². The number of aromatic nitrogens is 1. The van der Waals surface area contributed by atoms with Crippen LogP contribution in [-0.4, -0.2) is 10.9 Å². The number of aryl methyl sites for hydroxylation is 1. The van der Waals surface area contributed by atoms with Gasteiger partial charge in [-0.15, -0.1) is 0 Å². The second-order valence-electron chi connectivity index (χ2n) is 5.79. The van der Waals surface area contributed by atoms with Gasteiger partial charge < -0.3 is 5.32 Å². The molecule has 0 fully saturated rings. The first-order valence-electron chi connectivity index (χ1n) is 8.00. The first-order chi connectivity index (χ1) is 10.3. The Kier molecular flexibility index (Phi) is 4.18. The summed E-state index contributed by atoms with van der Waals surface area (Å²) in [5, 5.41) is 4.24. The van der Waals surface area contributed by atoms with E-state index in [0.29, 0.717) is 6.42 Å². The Morgan fingerprint density at radius 3 is 2.90 bits per heavy atom. The van der Waals surface area contributed by atoms with Crippen LogP contribution in [-0.2, 0) is 17.6 Å². The van der Waals surface area contributed by atoms with Crippen LogP contribution in [0.1, 0.15) is 50.3 Å². The van der Waals surface area contributed by atoms with Crippen LogP contribution >= 0.6 is 0 Å². The van der Waals surface area contributed by atoms with Crippen LogP contribution in [0, 0.1) is 0 Å². The smallest absolute Gasteiger partial charge is 0.224 e. The normalized spacial score (nSPS) is 14.0. The fourth-order valence-electron chi connectivity index (χ4n) is 3.05. The SMILES string of the molecule is CCCCC(=O)Nc1c2c(nc3ccccc13)CCCC2. The van der Waals surface area contributed by atoms with Crippen LogP contribution in [0.4, 0.5) is 5.69 Å². The Balaban J connectivity index is 2.03. The number of hydrogen-bond donors (Lipinski definition) is 1. The minimum Gasteiger partial charge on any atom is -0.325 e. The lowest BCUT2D eigenvalue weighted by atomic mass is 9.92. The second kappa shape index (κ2) is 6.25. The van der Waals surface area contributed by atoms with Crippen molar-refractivity contribution in [3.8, 4) is 0 Å². The monoisotopic (exact) mass is 282 g/mol. The number of anilines is 1. The van der Waals surface area contributed by atoms with Crippen molar-refractivity contribution < 1.29 is 4.79 Å². The summed E-state index contributed by atoms with van der Waals surface area (Å²) in [7, 11) is 0. The van der Waals surface area contributed by atoms with Crippen molar-refractivity contribution in [2.75, 3.05) is 5.32 Å². The molecule has 0 atom stereocenters. The summed E-state index contributed by atoms with van der Waals surface area (Å²) in [5.74, 6) is 0.126. The molecule has 110 valence electrons. The lowest BCUT2D eigenvalue weighted by molar-refractivity contribution is -0.116. The third-order valence-corrected chi connectivity index (χ3v) is 4.19. The first-order valence-corrected chi connectivity index (χ1v) is 8.00. The number of pyridine rings is 1. The lowest BCUT2D eigenvalue weighted by Gasteiger charge is -2.21. The van der Waals surface area contributed by atoms with E-state index in [1.165, 1.54) is 24.1 Å². The van der Waals surface area contributed by atoms with Gasteiger partial charge in [-0.05, 0) is 43.7 Å². The molecule has 2 aromatic rings. The number of rotatable bonds is 4. The highest BCUT2D eigenvalue weighted by molar-refractivity contribution is 6.02. The van der Waals surface area contributed by atoms with E-state index in [0.717, 1.165) is 42.3 Å². The molecule has 21 heavy (non-hydrogen) atoms. The number of nitrogens with one attached hydrogen (secondary N) is 1. The Morgan fingerprint density at radius 2 is 2.05 bits per heavy atom. The summed E-state index contributed by atoms with van der Waals surface area (Å²) in [4.78, 5) is 17.0. The van der Waals surface area contributed by atoms with E-state index in [9.17, 15) is 4.79 Å². The van der Waals surface area contributed by atoms with Gasteiger partial charge in [0.15, 0.2) is 0 Å². The molecule has 1 aliphatic carbocycles. The van der Waals surface area contributed by atoms with Crippen molar-refractivity contribution in [2.24, 2.45) is 0 Å². The molecule has 0 saturated carbocycles. The number of amides is 1. The van der Waals surface area contributed by atoms with E-state index in [1.807, 2.05) is 18.2 Å². The van der Waals surface area contributed by atoms with Gasteiger partial charge in [-0.3, -0.25) is 9.78 Å². The molecule has 3 nitrogen and oxygen atoms in total. The standard InChI is InChI=1S/C18H22N2O/c1-2-3-12-17(21)20-18-13-8-4-6-10-15(13)19-16-11-7-5-9-14(16)18/h4,6,8,10H,2-3,5,7,9,11-12H2,1H3,(H,19,20,21). The van der Waals surface area contributed by atoms with Crippen LogP contribution < -0.4 is 5.32 Å². The molecular formula is C18H22N2O. The van der Waals surface area contributed by atoms with Gasteiger partial charge in [0.1, 0.15) is 0 Å². The Hall–Kier alpha value is -1.90. The maximum atomic E-state index is 12.2. The summed E-state index contributed by atoms with van der Waals surface area (Å²) < 4.78 is 0. The van der Waals surface area contributed by atoms with Crippen molar-refractivity contribution in [1.29, 1.82) is 0 Å². The summed E-state index contributed by atoms with van der Waals surface area (Å²) in [6, 6.07) is 8.12. The predicted octanol–water partition coefficient (Wildman–Crippen LogP) is 4.24. The summed E-state index contributed by atoms with van der Waals surface area (Å²) >= 11 is 0. The molecule has 1 aromatic carbocycles. The summed E-state index contributed by atoms with van der Waals surface area (Å²) in [5.41, 5.74) is 4.43. The molecule has 3 heteroatoms. The number of unbranched alkanes of at least 4 members (excludes halogenated alkanes) is 1. The molecular weight excluding hydrogens is 260 g/mol. The van der Waals surface area contributed by atoms with Crippen LogP contribution in [0.2, 0.25) is 0 Å². The van der Waals surface area contributed by atoms with E-state index >= 15 is 0 Å². The quantitative estimate of drug-likeness (QED) is 0.911. The van der Waals surface area contributed by atoms with Crippen molar-refractivity contribution in [3.63, 3.8) is 0 Å². The van der Waals surface area contributed by atoms with E-state index in [1.54, 1.807) is 0 Å². The summed E-state index contributed by atoms with van der Waals surface area (Å²) in [6.07, 6.45) is 7.02. The number of fused-ring (bicyclic) bond motifs is 2. The lowest BCUT2D eigenvalue weighted by Crippen LogP contribution is -2.16. The van der Waals surface area contributed by atoms with E-state index in [2.05, 4.69) is 18.3 Å². The zero-order chi connectivity index (χ0) is 14.7. The average Bonchev–Trinajstić information content (AvgIpc) is 2.52. The first kappa shape index (κ1) is 14.1. The third kappa shape index (κ3) is 2.92. The van der Waals surface area contributed by atoms with Gasteiger partial charge in [0.05, 0.1) is 11.2 Å². The number of benzene rings is 1. The predicted molar refractivity (Wildman–Crippen MR) is 86.5 cm³/mol. The van der Waals surface area contributed by atoms with Gasteiger partial charge in [0.2, 0.25) is 5.91 Å². The molecule has 0 spiro atoms. The Morgan fingerprint density at radius 1 is 1.24 bits per heavy atom. The minimum atomic E-state index is 0.126. The Labute approximate surface area is 125 Å². The molecule has 0 bridgehead atoms. The maximum absolute atomic E-state index is 12.2. The third-order valence-electron chi connectivity index (χ3n) is 4.19. The molecule has 0 aliphatic heterocycles. The number of carbonyl (C=O) groups is 1. The molecule has 3 rings (SSSR count). The number of carbonyl (C=O) groups excluding carboxylic acids is 1. The molecule has 0 radical (unpaired) electrons. The average molecular weight is 282 g/mol. The van der Waals surface area contributed by atoms with E-state index in [-0.39, 0.29) is 5.91 Å². The molecule has 1 amide bonds. The van der Waals surface area contributed by atoms with Gasteiger partial charge in [0.25, 0.3) is 0 Å². The minimum absolute atomic E-state index is 0.126. The Bertz CT molecular complexity index is 664. The van der Waals surface area contributed by atoms with Gasteiger partial charge in [-0.2, -0.15) is 0 Å². The number of nitrogens with zero attached hydrogens (tertiary/aromatic N) is 1. The maximum Gasteiger partial charge on any atom is 0.224 e. The molecule has 1 N–H and O–H groups in total. The highest BCUT2D eigenvalue weighted by Crippen LogP contribution is 2.33. The van der Waals surface area contributed by atoms with Gasteiger partial charge >= 0.3 is 0 Å². The largest absolute Gasteiger partial charge is 0.325 e. The highest BCUT2D eigenvalue weighted by Gasteiger charge is 2.19. The van der Waals surface area contributed by atoms with Crippen molar-refractivity contribution in [2.45, 2.75) is 51.9 Å². The zero-order valence-electron chi connectivity index (χ0n) is 12.6. The van der Waals surface area contributed by atoms with Gasteiger partial charge in [0, 0.05) is 17.5 Å². The van der Waals surface area contributed by atoms with Gasteiger partial charge in [-0.1, -0.05) is 31.5 Å². The highest BCUT2D eigenvalue weighted by atomic mass is 16.1. The van der Waals surface area contributed by atoms with Crippen molar-refractivity contribution in [3.05, 3.63) is 35.5 Å². The van der Waals surface area contributed by atoms with Crippen molar-refractivity contribution >= 4 is 22.5 Å². The zero-order valence-corrected chi connectivity index (χ0v) is 12.6. The van der Waals surface area contributed by atoms with Crippen LogP contribution in [0.3, 0.4) is 0 Å². The number of para-hydroxylation sites is 1. The molecule has 1 heterocycles. The second-order valence-corrected chi connectivity index (χ2v) is 5.79. The molecule has 1 aliphatic rings. The number of hydrogen-bond acceptors (Lipinski definition) is 2. The van der Waals surface area contributed by atoms with E-state index in [4.69, 9.17) is 4.98 Å². The van der Waals surface area contributed by atoms with Gasteiger partial charge in [-0.25, -0.2) is 0 Å². The fourth-order valence-corrected chi connectivity index (χ4v) is 3.05. The van der Waals surface area contributed by atoms with E-state index < -0.39 is 0 Å². The van der Waals surface area contributed by atoms with Crippen LogP contribution in [0.5, 0.6) is 0 Å².